The van der Waals surface area contributed by atoms with Crippen LogP contribution in [0.1, 0.15) is 21.6 Å². The third kappa shape index (κ3) is 3.08. The summed E-state index contributed by atoms with van der Waals surface area (Å²) in [5.74, 6) is 0.0337. The highest BCUT2D eigenvalue weighted by Gasteiger charge is 2.31. The Bertz CT molecular complexity index is 936. The lowest BCUT2D eigenvalue weighted by atomic mass is 10.1. The van der Waals surface area contributed by atoms with Crippen LogP contribution in [0.15, 0.2) is 65.7 Å². The van der Waals surface area contributed by atoms with E-state index in [1.807, 2.05) is 60.7 Å². The fraction of sp³-hybridized carbons (Fsp3) is 0.105. The Morgan fingerprint density at radius 3 is 2.40 bits per heavy atom. The number of imide groups is 1. The van der Waals surface area contributed by atoms with Gasteiger partial charge in [0.25, 0.3) is 5.91 Å². The molecule has 1 aliphatic rings. The zero-order chi connectivity index (χ0) is 17.2. The molecule has 0 bridgehead atoms. The second-order valence-corrected chi connectivity index (χ2v) is 6.67. The van der Waals surface area contributed by atoms with Crippen LogP contribution in [0.25, 0.3) is 5.69 Å². The molecule has 2 amide bonds. The number of rotatable bonds is 4. The lowest BCUT2D eigenvalue weighted by Gasteiger charge is -2.12. The van der Waals surface area contributed by atoms with Crippen molar-refractivity contribution in [3.8, 4) is 5.69 Å². The molecule has 3 aromatic rings. The van der Waals surface area contributed by atoms with Crippen molar-refractivity contribution in [1.29, 1.82) is 0 Å². The summed E-state index contributed by atoms with van der Waals surface area (Å²) in [6, 6.07) is 19.7. The first-order valence-corrected chi connectivity index (χ1v) is 8.89. The van der Waals surface area contributed by atoms with Crippen LogP contribution >= 0.6 is 11.8 Å². The molecular weight excluding hydrogens is 334 g/mol. The number of benzene rings is 2. The first-order valence-electron chi connectivity index (χ1n) is 7.90. The maximum absolute atomic E-state index is 12.4. The number of hydrogen-bond acceptors (Lipinski definition) is 4. The number of nitrogens with zero attached hydrogens (tertiary/aromatic N) is 2. The molecule has 0 saturated carbocycles. The smallest absolute Gasteiger partial charge is 0.262 e. The molecule has 0 atom stereocenters. The first-order chi connectivity index (χ1) is 12.2. The summed E-state index contributed by atoms with van der Waals surface area (Å²) in [5, 5.41) is 7.70. The van der Waals surface area contributed by atoms with Crippen LogP contribution in [0.5, 0.6) is 0 Å². The van der Waals surface area contributed by atoms with Gasteiger partial charge in [0, 0.05) is 5.75 Å². The number of carbonyl (C=O) groups excluding carboxylic acids is 2. The molecule has 1 aromatic heterocycles. The van der Waals surface area contributed by atoms with Crippen molar-refractivity contribution in [1.82, 2.24) is 15.1 Å². The van der Waals surface area contributed by atoms with Crippen LogP contribution in [0.2, 0.25) is 0 Å². The highest BCUT2D eigenvalue weighted by molar-refractivity contribution is 7.98. The number of amides is 2. The van der Waals surface area contributed by atoms with E-state index in [0.717, 1.165) is 16.3 Å². The van der Waals surface area contributed by atoms with Crippen molar-refractivity contribution in [2.45, 2.75) is 17.2 Å². The topological polar surface area (TPSA) is 64.0 Å². The van der Waals surface area contributed by atoms with Crippen LogP contribution in [0.4, 0.5) is 0 Å². The Labute approximate surface area is 149 Å². The molecule has 1 aliphatic heterocycles. The van der Waals surface area contributed by atoms with Gasteiger partial charge in [-0.3, -0.25) is 14.9 Å². The van der Waals surface area contributed by atoms with E-state index in [1.165, 1.54) is 0 Å². The molecule has 0 spiro atoms. The maximum atomic E-state index is 12.4. The fourth-order valence-corrected chi connectivity index (χ4v) is 3.91. The molecule has 2 aromatic carbocycles. The van der Waals surface area contributed by atoms with Gasteiger partial charge in [-0.2, -0.15) is 5.10 Å². The van der Waals surface area contributed by atoms with Crippen molar-refractivity contribution in [2.24, 2.45) is 0 Å². The SMILES string of the molecule is O=C1Cc2nn(-c3ccccc3)c(SCc3ccccc3)c2C(=O)N1. The maximum Gasteiger partial charge on any atom is 0.262 e. The third-order valence-corrected chi connectivity index (χ3v) is 5.07. The van der Waals surface area contributed by atoms with Crippen molar-refractivity contribution in [3.05, 3.63) is 77.5 Å². The number of hydrogen-bond donors (Lipinski definition) is 1. The second kappa shape index (κ2) is 6.57. The van der Waals surface area contributed by atoms with Crippen LogP contribution < -0.4 is 5.32 Å². The van der Waals surface area contributed by atoms with Gasteiger partial charge in [0.15, 0.2) is 0 Å². The monoisotopic (exact) mass is 349 g/mol. The van der Waals surface area contributed by atoms with Crippen LogP contribution in [-0.4, -0.2) is 21.6 Å². The lowest BCUT2D eigenvalue weighted by Crippen LogP contribution is -2.37. The van der Waals surface area contributed by atoms with Gasteiger partial charge >= 0.3 is 0 Å². The minimum atomic E-state index is -0.371. The summed E-state index contributed by atoms with van der Waals surface area (Å²) < 4.78 is 1.76. The van der Waals surface area contributed by atoms with Gasteiger partial charge in [-0.1, -0.05) is 48.5 Å². The molecule has 4 rings (SSSR count). The molecule has 0 unspecified atom stereocenters. The van der Waals surface area contributed by atoms with Crippen molar-refractivity contribution < 1.29 is 9.59 Å². The van der Waals surface area contributed by atoms with E-state index in [1.54, 1.807) is 16.4 Å². The van der Waals surface area contributed by atoms with Crippen molar-refractivity contribution in [2.75, 3.05) is 0 Å². The van der Waals surface area contributed by atoms with Crippen molar-refractivity contribution in [3.63, 3.8) is 0 Å². The predicted octanol–water partition coefficient (Wildman–Crippen LogP) is 2.98. The first kappa shape index (κ1) is 15.7. The van der Waals surface area contributed by atoms with Gasteiger partial charge in [0.2, 0.25) is 5.91 Å². The average Bonchev–Trinajstić information content (AvgIpc) is 3.00. The van der Waals surface area contributed by atoms with E-state index in [4.69, 9.17) is 0 Å². The molecule has 6 heteroatoms. The Hall–Kier alpha value is -2.86. The molecule has 124 valence electrons. The summed E-state index contributed by atoms with van der Waals surface area (Å²) in [6.45, 7) is 0. The molecule has 0 radical (unpaired) electrons. The molecule has 0 fully saturated rings. The zero-order valence-corrected chi connectivity index (χ0v) is 14.1. The van der Waals surface area contributed by atoms with E-state index >= 15 is 0 Å². The van der Waals surface area contributed by atoms with Gasteiger partial charge < -0.3 is 0 Å². The largest absolute Gasteiger partial charge is 0.292 e. The van der Waals surface area contributed by atoms with Gasteiger partial charge in [-0.15, -0.1) is 11.8 Å². The highest BCUT2D eigenvalue weighted by Crippen LogP contribution is 2.32. The third-order valence-electron chi connectivity index (χ3n) is 3.94. The summed E-state index contributed by atoms with van der Waals surface area (Å²) in [6.07, 6.45) is 0.125. The van der Waals surface area contributed by atoms with Gasteiger partial charge in [0.1, 0.15) is 5.03 Å². The molecular formula is C19H15N3O2S. The molecule has 2 heterocycles. The van der Waals surface area contributed by atoms with Gasteiger partial charge in [-0.05, 0) is 17.7 Å². The summed E-state index contributed by atoms with van der Waals surface area (Å²) in [5.41, 5.74) is 3.07. The molecule has 25 heavy (non-hydrogen) atoms. The minimum absolute atomic E-state index is 0.125. The fourth-order valence-electron chi connectivity index (χ4n) is 2.79. The number of aromatic nitrogens is 2. The summed E-state index contributed by atoms with van der Waals surface area (Å²) in [7, 11) is 0. The normalized spacial score (nSPS) is 13.4. The van der Waals surface area contributed by atoms with Crippen LogP contribution in [0, 0.1) is 0 Å². The summed E-state index contributed by atoms with van der Waals surface area (Å²) in [4.78, 5) is 24.1. The number of nitrogens with one attached hydrogen (secondary N) is 1. The van der Waals surface area contributed by atoms with Crippen molar-refractivity contribution >= 4 is 23.6 Å². The zero-order valence-electron chi connectivity index (χ0n) is 13.3. The number of para-hydroxylation sites is 1. The van der Waals surface area contributed by atoms with E-state index in [2.05, 4.69) is 10.4 Å². The van der Waals surface area contributed by atoms with Gasteiger partial charge in [0.05, 0.1) is 23.4 Å². The predicted molar refractivity (Wildman–Crippen MR) is 95.7 cm³/mol. The van der Waals surface area contributed by atoms with Crippen LogP contribution in [-0.2, 0) is 17.0 Å². The van der Waals surface area contributed by atoms with Gasteiger partial charge in [-0.25, -0.2) is 4.68 Å². The average molecular weight is 349 g/mol. The second-order valence-electron chi connectivity index (χ2n) is 5.70. The van der Waals surface area contributed by atoms with Crippen LogP contribution in [0.3, 0.4) is 0 Å². The minimum Gasteiger partial charge on any atom is -0.292 e. The van der Waals surface area contributed by atoms with E-state index < -0.39 is 0 Å². The Kier molecular flexibility index (Phi) is 4.11. The van der Waals surface area contributed by atoms with E-state index in [9.17, 15) is 9.59 Å². The van der Waals surface area contributed by atoms with E-state index in [-0.39, 0.29) is 18.2 Å². The highest BCUT2D eigenvalue weighted by atomic mass is 32.2. The Morgan fingerprint density at radius 2 is 1.68 bits per heavy atom. The lowest BCUT2D eigenvalue weighted by molar-refractivity contribution is -0.119. The quantitative estimate of drug-likeness (QED) is 0.581. The van der Waals surface area contributed by atoms with E-state index in [0.29, 0.717) is 17.0 Å². The standard InChI is InChI=1S/C19H15N3O2S/c23-16-11-15-17(18(24)20-16)19(25-12-13-7-3-1-4-8-13)22(21-15)14-9-5-2-6-10-14/h1-10H,11-12H2,(H,20,23,24). The Balaban J connectivity index is 1.77. The number of fused-ring (bicyclic) bond motifs is 1. The number of carbonyl (C=O) groups is 2. The molecule has 1 N–H and O–H groups in total. The molecule has 0 aliphatic carbocycles. The summed E-state index contributed by atoms with van der Waals surface area (Å²) >= 11 is 1.55. The molecule has 5 nitrogen and oxygen atoms in total. The Morgan fingerprint density at radius 1 is 1.00 bits per heavy atom. The molecule has 0 saturated heterocycles. The number of thioether (sulfide) groups is 1.